The van der Waals surface area contributed by atoms with Crippen molar-refractivity contribution in [1.82, 2.24) is 14.6 Å². The number of halogens is 1. The van der Waals surface area contributed by atoms with Gasteiger partial charge in [0.2, 0.25) is 0 Å². The van der Waals surface area contributed by atoms with E-state index in [0.717, 1.165) is 31.3 Å². The van der Waals surface area contributed by atoms with Crippen LogP contribution >= 0.6 is 22.9 Å². The summed E-state index contributed by atoms with van der Waals surface area (Å²) in [5.74, 6) is 0.501. The second-order valence-corrected chi connectivity index (χ2v) is 6.14. The second kappa shape index (κ2) is 4.19. The van der Waals surface area contributed by atoms with Gasteiger partial charge in [-0.25, -0.2) is 9.50 Å². The molecule has 98 valence electrons. The molecule has 20 heavy (non-hydrogen) atoms. The first-order valence-electron chi connectivity index (χ1n) is 6.02. The summed E-state index contributed by atoms with van der Waals surface area (Å²) < 4.78 is 2.47. The summed E-state index contributed by atoms with van der Waals surface area (Å²) in [4.78, 5) is 5.68. The zero-order valence-electron chi connectivity index (χ0n) is 10.2. The quantitative estimate of drug-likeness (QED) is 0.581. The summed E-state index contributed by atoms with van der Waals surface area (Å²) in [6.07, 6.45) is 1.88. The molecule has 0 saturated carbocycles. The van der Waals surface area contributed by atoms with Gasteiger partial charge in [-0.05, 0) is 12.1 Å². The molecule has 0 aliphatic rings. The number of hydrogen-bond acceptors (Lipinski definition) is 4. The molecule has 2 N–H and O–H groups in total. The second-order valence-electron chi connectivity index (χ2n) is 4.43. The van der Waals surface area contributed by atoms with Gasteiger partial charge in [-0.2, -0.15) is 0 Å². The van der Waals surface area contributed by atoms with Crippen molar-refractivity contribution < 1.29 is 0 Å². The largest absolute Gasteiger partial charge is 0.382 e. The van der Waals surface area contributed by atoms with Crippen molar-refractivity contribution >= 4 is 45.2 Å². The lowest BCUT2D eigenvalue weighted by atomic mass is 10.2. The summed E-state index contributed by atoms with van der Waals surface area (Å²) in [6.45, 7) is 0. The molecule has 4 nitrogen and oxygen atoms in total. The molecule has 0 saturated heterocycles. The zero-order chi connectivity index (χ0) is 13.7. The van der Waals surface area contributed by atoms with E-state index < -0.39 is 0 Å². The molecular formula is C14H9ClN4S. The first-order chi connectivity index (χ1) is 9.72. The average molecular weight is 301 g/mol. The monoisotopic (exact) mass is 300 g/mol. The molecule has 0 radical (unpaired) electrons. The Morgan fingerprint density at radius 2 is 1.90 bits per heavy atom. The maximum Gasteiger partial charge on any atom is 0.162 e. The third-order valence-corrected chi connectivity index (χ3v) is 4.43. The van der Waals surface area contributed by atoms with Gasteiger partial charge in [0, 0.05) is 10.8 Å². The fourth-order valence-corrected chi connectivity index (χ4v) is 3.27. The van der Waals surface area contributed by atoms with Crippen LogP contribution in [-0.4, -0.2) is 14.6 Å². The summed E-state index contributed by atoms with van der Waals surface area (Å²) >= 11 is 7.47. The number of hydrogen-bond donors (Lipinski definition) is 1. The SMILES string of the molecule is Nc1nn2cc(-c3ccc(Cl)s3)nc2c2ccccc12. The molecule has 0 aliphatic carbocycles. The first kappa shape index (κ1) is 11.7. The minimum absolute atomic E-state index is 0.501. The summed E-state index contributed by atoms with van der Waals surface area (Å²) in [6, 6.07) is 11.7. The molecular weight excluding hydrogens is 292 g/mol. The van der Waals surface area contributed by atoms with Crippen molar-refractivity contribution in [1.29, 1.82) is 0 Å². The molecule has 1 aromatic carbocycles. The predicted molar refractivity (Wildman–Crippen MR) is 83.2 cm³/mol. The van der Waals surface area contributed by atoms with Crippen molar-refractivity contribution in [3.63, 3.8) is 0 Å². The van der Waals surface area contributed by atoms with Gasteiger partial charge in [0.1, 0.15) is 5.69 Å². The minimum atomic E-state index is 0.501. The predicted octanol–water partition coefficient (Wildman–Crippen LogP) is 3.85. The van der Waals surface area contributed by atoms with Gasteiger partial charge in [0.25, 0.3) is 0 Å². The highest BCUT2D eigenvalue weighted by Gasteiger charge is 2.11. The van der Waals surface area contributed by atoms with Gasteiger partial charge in [-0.1, -0.05) is 35.9 Å². The smallest absolute Gasteiger partial charge is 0.162 e. The fraction of sp³-hybridized carbons (Fsp3) is 0. The van der Waals surface area contributed by atoms with Gasteiger partial charge < -0.3 is 5.73 Å². The molecule has 3 heterocycles. The molecule has 0 atom stereocenters. The number of rotatable bonds is 1. The standard InChI is InChI=1S/C14H9ClN4S/c15-12-6-5-11(20-12)10-7-19-14(17-10)9-4-2-1-3-8(9)13(16)18-19/h1-7H,(H2,16,18). The number of benzene rings is 1. The Balaban J connectivity index is 2.06. The maximum absolute atomic E-state index is 6.00. The van der Waals surface area contributed by atoms with Gasteiger partial charge in [0.15, 0.2) is 11.5 Å². The normalized spacial score (nSPS) is 11.4. The average Bonchev–Trinajstić information content (AvgIpc) is 3.05. The molecule has 4 aromatic rings. The number of fused-ring (bicyclic) bond motifs is 3. The number of nitrogen functional groups attached to an aromatic ring is 1. The third kappa shape index (κ3) is 1.67. The van der Waals surface area contributed by atoms with Crippen LogP contribution in [0.25, 0.3) is 27.0 Å². The van der Waals surface area contributed by atoms with E-state index in [-0.39, 0.29) is 0 Å². The Morgan fingerprint density at radius 1 is 1.10 bits per heavy atom. The third-order valence-electron chi connectivity index (χ3n) is 3.17. The molecule has 0 aliphatic heterocycles. The molecule has 0 fully saturated rings. The van der Waals surface area contributed by atoms with Crippen LogP contribution in [0.4, 0.5) is 5.82 Å². The van der Waals surface area contributed by atoms with Crippen LogP contribution in [-0.2, 0) is 0 Å². The van der Waals surface area contributed by atoms with E-state index in [1.54, 1.807) is 4.52 Å². The van der Waals surface area contributed by atoms with Crippen LogP contribution < -0.4 is 5.73 Å². The lowest BCUT2D eigenvalue weighted by molar-refractivity contribution is 0.957. The Labute approximate surface area is 123 Å². The Hall–Kier alpha value is -2.11. The topological polar surface area (TPSA) is 56.2 Å². The van der Waals surface area contributed by atoms with Gasteiger partial charge in [-0.3, -0.25) is 0 Å². The van der Waals surface area contributed by atoms with Crippen molar-refractivity contribution in [2.24, 2.45) is 0 Å². The van der Waals surface area contributed by atoms with Crippen molar-refractivity contribution in [3.05, 3.63) is 46.9 Å². The summed E-state index contributed by atoms with van der Waals surface area (Å²) in [5.41, 5.74) is 7.65. The van der Waals surface area contributed by atoms with E-state index in [1.807, 2.05) is 42.6 Å². The molecule has 4 rings (SSSR count). The number of nitrogens with two attached hydrogens (primary N) is 1. The first-order valence-corrected chi connectivity index (χ1v) is 7.21. The molecule has 0 amide bonds. The van der Waals surface area contributed by atoms with E-state index in [2.05, 4.69) is 10.1 Å². The Morgan fingerprint density at radius 3 is 2.65 bits per heavy atom. The minimum Gasteiger partial charge on any atom is -0.382 e. The fourth-order valence-electron chi connectivity index (χ4n) is 2.27. The highest BCUT2D eigenvalue weighted by Crippen LogP contribution is 2.32. The highest BCUT2D eigenvalue weighted by molar-refractivity contribution is 7.19. The van der Waals surface area contributed by atoms with Crippen molar-refractivity contribution in [2.45, 2.75) is 0 Å². The zero-order valence-corrected chi connectivity index (χ0v) is 11.8. The number of aromatic nitrogens is 3. The summed E-state index contributed by atoms with van der Waals surface area (Å²) in [7, 11) is 0. The molecule has 3 aromatic heterocycles. The van der Waals surface area contributed by atoms with Crippen LogP contribution in [0.1, 0.15) is 0 Å². The van der Waals surface area contributed by atoms with Crippen molar-refractivity contribution in [3.8, 4) is 10.6 Å². The van der Waals surface area contributed by atoms with E-state index >= 15 is 0 Å². The summed E-state index contributed by atoms with van der Waals surface area (Å²) in [5, 5.41) is 6.27. The van der Waals surface area contributed by atoms with Gasteiger partial charge in [-0.15, -0.1) is 16.4 Å². The van der Waals surface area contributed by atoms with Crippen LogP contribution in [0.2, 0.25) is 4.34 Å². The molecule has 0 bridgehead atoms. The maximum atomic E-state index is 6.00. The number of thiophene rings is 1. The van der Waals surface area contributed by atoms with Crippen molar-refractivity contribution in [2.75, 3.05) is 5.73 Å². The Kier molecular flexibility index (Phi) is 2.45. The Bertz CT molecular complexity index is 941. The van der Waals surface area contributed by atoms with Crippen LogP contribution in [0.3, 0.4) is 0 Å². The van der Waals surface area contributed by atoms with Gasteiger partial charge in [0.05, 0.1) is 15.4 Å². The number of nitrogens with zero attached hydrogens (tertiary/aromatic N) is 3. The molecule has 0 unspecified atom stereocenters. The lowest BCUT2D eigenvalue weighted by Crippen LogP contribution is -1.98. The lowest BCUT2D eigenvalue weighted by Gasteiger charge is -2.02. The van der Waals surface area contributed by atoms with Gasteiger partial charge >= 0.3 is 0 Å². The van der Waals surface area contributed by atoms with E-state index in [1.165, 1.54) is 11.3 Å². The molecule has 0 spiro atoms. The number of anilines is 1. The highest BCUT2D eigenvalue weighted by atomic mass is 35.5. The van der Waals surface area contributed by atoms with Crippen LogP contribution in [0.15, 0.2) is 42.6 Å². The van der Waals surface area contributed by atoms with E-state index in [0.29, 0.717) is 5.82 Å². The number of imidazole rings is 1. The van der Waals surface area contributed by atoms with Crippen LogP contribution in [0.5, 0.6) is 0 Å². The van der Waals surface area contributed by atoms with Crippen LogP contribution in [0, 0.1) is 0 Å². The molecule has 6 heteroatoms. The van der Waals surface area contributed by atoms with E-state index in [9.17, 15) is 0 Å². The van der Waals surface area contributed by atoms with E-state index in [4.69, 9.17) is 17.3 Å².